The van der Waals surface area contributed by atoms with Gasteiger partial charge in [-0.1, -0.05) is 24.3 Å². The number of ether oxygens (including phenoxy) is 1. The summed E-state index contributed by atoms with van der Waals surface area (Å²) in [6.45, 7) is 2.05. The standard InChI is InChI=1S/C17H15N3O4S2/c1-3-25-12-6-4-5-10(7-12)16(21)19-17-18-15-13(24-2)8-11(20(22)23)9-14(15)26-17/h4-9H,3H2,1-2H3,(H,18,19,21). The second-order valence-corrected chi connectivity index (χ2v) is 7.55. The van der Waals surface area contributed by atoms with Crippen LogP contribution in [0.25, 0.3) is 10.2 Å². The van der Waals surface area contributed by atoms with E-state index in [2.05, 4.69) is 10.3 Å². The van der Waals surface area contributed by atoms with Gasteiger partial charge in [0, 0.05) is 16.5 Å². The molecule has 0 bridgehead atoms. The van der Waals surface area contributed by atoms with Gasteiger partial charge in [0.15, 0.2) is 10.9 Å². The average Bonchev–Trinajstić information content (AvgIpc) is 3.03. The molecule has 0 unspecified atom stereocenters. The number of nitrogens with one attached hydrogen (secondary N) is 1. The van der Waals surface area contributed by atoms with Crippen molar-refractivity contribution in [2.45, 2.75) is 11.8 Å². The second kappa shape index (κ2) is 7.71. The predicted molar refractivity (Wildman–Crippen MR) is 104 cm³/mol. The van der Waals surface area contributed by atoms with Gasteiger partial charge in [0.05, 0.1) is 22.8 Å². The number of methoxy groups -OCH3 is 1. The van der Waals surface area contributed by atoms with Crippen LogP contribution in [0.2, 0.25) is 0 Å². The summed E-state index contributed by atoms with van der Waals surface area (Å²) in [5.74, 6) is 0.935. The Hall–Kier alpha value is -2.65. The van der Waals surface area contributed by atoms with Crippen LogP contribution in [-0.2, 0) is 0 Å². The Morgan fingerprint density at radius 3 is 2.88 bits per heavy atom. The zero-order valence-corrected chi connectivity index (χ0v) is 15.6. The summed E-state index contributed by atoms with van der Waals surface area (Å²) in [6, 6.07) is 10.1. The van der Waals surface area contributed by atoms with E-state index in [0.717, 1.165) is 22.0 Å². The van der Waals surface area contributed by atoms with Crippen molar-refractivity contribution in [2.75, 3.05) is 18.2 Å². The first-order valence-electron chi connectivity index (χ1n) is 7.69. The highest BCUT2D eigenvalue weighted by atomic mass is 32.2. The van der Waals surface area contributed by atoms with E-state index in [9.17, 15) is 14.9 Å². The predicted octanol–water partition coefficient (Wildman–Crippen LogP) is 4.58. The maximum Gasteiger partial charge on any atom is 0.274 e. The first-order valence-corrected chi connectivity index (χ1v) is 9.49. The topological polar surface area (TPSA) is 94.4 Å². The lowest BCUT2D eigenvalue weighted by atomic mass is 10.2. The third-order valence-electron chi connectivity index (χ3n) is 3.50. The SMILES string of the molecule is CCSc1cccc(C(=O)Nc2nc3c(OC)cc([N+](=O)[O-])cc3s2)c1. The van der Waals surface area contributed by atoms with E-state index >= 15 is 0 Å². The van der Waals surface area contributed by atoms with E-state index in [0.29, 0.717) is 26.7 Å². The monoisotopic (exact) mass is 389 g/mol. The molecule has 1 heterocycles. The number of nitro benzene ring substituents is 1. The van der Waals surface area contributed by atoms with E-state index in [1.165, 1.54) is 19.2 Å². The number of carbonyl (C=O) groups excluding carboxylic acids is 1. The lowest BCUT2D eigenvalue weighted by Gasteiger charge is -2.04. The molecule has 0 spiro atoms. The summed E-state index contributed by atoms with van der Waals surface area (Å²) >= 11 is 2.82. The van der Waals surface area contributed by atoms with Crippen LogP contribution in [0.4, 0.5) is 10.8 Å². The van der Waals surface area contributed by atoms with Gasteiger partial charge in [-0.2, -0.15) is 0 Å². The van der Waals surface area contributed by atoms with E-state index in [1.807, 2.05) is 25.1 Å². The van der Waals surface area contributed by atoms with Crippen LogP contribution in [0.15, 0.2) is 41.3 Å². The molecule has 134 valence electrons. The number of aromatic nitrogens is 1. The van der Waals surface area contributed by atoms with Crippen molar-refractivity contribution in [1.29, 1.82) is 0 Å². The Morgan fingerprint density at radius 1 is 1.38 bits per heavy atom. The van der Waals surface area contributed by atoms with Gasteiger partial charge in [-0.15, -0.1) is 11.8 Å². The summed E-state index contributed by atoms with van der Waals surface area (Å²) < 4.78 is 5.76. The van der Waals surface area contributed by atoms with Crippen LogP contribution in [-0.4, -0.2) is 28.7 Å². The fourth-order valence-corrected chi connectivity index (χ4v) is 3.99. The van der Waals surface area contributed by atoms with Gasteiger partial charge in [-0.3, -0.25) is 20.2 Å². The first kappa shape index (κ1) is 18.2. The Labute approximate surface area is 157 Å². The number of nitro groups is 1. The number of anilines is 1. The molecule has 0 aliphatic carbocycles. The quantitative estimate of drug-likeness (QED) is 0.377. The molecule has 9 heteroatoms. The zero-order valence-electron chi connectivity index (χ0n) is 14.0. The van der Waals surface area contributed by atoms with Crippen LogP contribution in [0.1, 0.15) is 17.3 Å². The highest BCUT2D eigenvalue weighted by Gasteiger charge is 2.17. The summed E-state index contributed by atoms with van der Waals surface area (Å²) in [5.41, 5.74) is 0.925. The normalized spacial score (nSPS) is 10.7. The van der Waals surface area contributed by atoms with Gasteiger partial charge in [0.2, 0.25) is 0 Å². The fraction of sp³-hybridized carbons (Fsp3) is 0.176. The van der Waals surface area contributed by atoms with Gasteiger partial charge in [0.25, 0.3) is 11.6 Å². The van der Waals surface area contributed by atoms with Gasteiger partial charge in [-0.25, -0.2) is 4.98 Å². The highest BCUT2D eigenvalue weighted by Crippen LogP contribution is 2.36. The molecule has 1 N–H and O–H groups in total. The van der Waals surface area contributed by atoms with Crippen molar-refractivity contribution >= 4 is 50.0 Å². The van der Waals surface area contributed by atoms with Crippen LogP contribution >= 0.6 is 23.1 Å². The average molecular weight is 389 g/mol. The molecule has 0 aliphatic heterocycles. The third kappa shape index (κ3) is 3.78. The van der Waals surface area contributed by atoms with Crippen molar-refractivity contribution in [1.82, 2.24) is 4.98 Å². The summed E-state index contributed by atoms with van der Waals surface area (Å²) in [4.78, 5) is 28.4. The van der Waals surface area contributed by atoms with Gasteiger partial charge >= 0.3 is 0 Å². The van der Waals surface area contributed by atoms with Crippen LogP contribution in [0.5, 0.6) is 5.75 Å². The van der Waals surface area contributed by atoms with Crippen LogP contribution < -0.4 is 10.1 Å². The molecule has 0 atom stereocenters. The van der Waals surface area contributed by atoms with Crippen LogP contribution in [0, 0.1) is 10.1 Å². The maximum absolute atomic E-state index is 12.5. The molecular weight excluding hydrogens is 374 g/mol. The number of fused-ring (bicyclic) bond motifs is 1. The van der Waals surface area contributed by atoms with Crippen molar-refractivity contribution < 1.29 is 14.5 Å². The number of hydrogen-bond acceptors (Lipinski definition) is 7. The molecule has 1 amide bonds. The Balaban J connectivity index is 1.90. The Kier molecular flexibility index (Phi) is 5.38. The molecule has 26 heavy (non-hydrogen) atoms. The zero-order chi connectivity index (χ0) is 18.7. The molecule has 0 saturated carbocycles. The maximum atomic E-state index is 12.5. The molecule has 7 nitrogen and oxygen atoms in total. The minimum absolute atomic E-state index is 0.0832. The van der Waals surface area contributed by atoms with E-state index in [1.54, 1.807) is 17.8 Å². The van der Waals surface area contributed by atoms with E-state index in [-0.39, 0.29) is 11.6 Å². The number of non-ortho nitro benzene ring substituents is 1. The Bertz CT molecular complexity index is 987. The fourth-order valence-electron chi connectivity index (χ4n) is 2.36. The molecule has 3 rings (SSSR count). The summed E-state index contributed by atoms with van der Waals surface area (Å²) in [5, 5.41) is 14.1. The van der Waals surface area contributed by atoms with E-state index in [4.69, 9.17) is 4.74 Å². The number of rotatable bonds is 6. The van der Waals surface area contributed by atoms with Crippen molar-refractivity contribution in [3.8, 4) is 5.75 Å². The number of thiazole rings is 1. The number of carbonyl (C=O) groups is 1. The molecule has 3 aromatic rings. The number of hydrogen-bond donors (Lipinski definition) is 1. The number of thioether (sulfide) groups is 1. The summed E-state index contributed by atoms with van der Waals surface area (Å²) in [7, 11) is 1.42. The lowest BCUT2D eigenvalue weighted by Crippen LogP contribution is -2.11. The number of nitrogens with zero attached hydrogens (tertiary/aromatic N) is 2. The van der Waals surface area contributed by atoms with Crippen molar-refractivity contribution in [3.63, 3.8) is 0 Å². The van der Waals surface area contributed by atoms with Gasteiger partial charge < -0.3 is 4.74 Å². The molecule has 2 aromatic carbocycles. The highest BCUT2D eigenvalue weighted by molar-refractivity contribution is 7.99. The molecule has 1 aromatic heterocycles. The van der Waals surface area contributed by atoms with Crippen molar-refractivity contribution in [2.24, 2.45) is 0 Å². The smallest absolute Gasteiger partial charge is 0.274 e. The van der Waals surface area contributed by atoms with Gasteiger partial charge in [0.1, 0.15) is 5.52 Å². The van der Waals surface area contributed by atoms with Crippen LogP contribution in [0.3, 0.4) is 0 Å². The molecule has 0 fully saturated rings. The Morgan fingerprint density at radius 2 is 2.19 bits per heavy atom. The largest absolute Gasteiger partial charge is 0.494 e. The first-order chi connectivity index (χ1) is 12.5. The minimum atomic E-state index is -0.489. The number of amides is 1. The molecular formula is C17H15N3O4S2. The van der Waals surface area contributed by atoms with Crippen molar-refractivity contribution in [3.05, 3.63) is 52.1 Å². The molecule has 0 aliphatic rings. The minimum Gasteiger partial charge on any atom is -0.494 e. The molecule has 0 radical (unpaired) electrons. The molecule has 0 saturated heterocycles. The third-order valence-corrected chi connectivity index (χ3v) is 5.30. The second-order valence-electron chi connectivity index (χ2n) is 5.19. The van der Waals surface area contributed by atoms with E-state index < -0.39 is 4.92 Å². The van der Waals surface area contributed by atoms with Gasteiger partial charge in [-0.05, 0) is 24.0 Å². The number of benzene rings is 2. The lowest BCUT2D eigenvalue weighted by molar-refractivity contribution is -0.384. The summed E-state index contributed by atoms with van der Waals surface area (Å²) in [6.07, 6.45) is 0.